The zero-order valence-electron chi connectivity index (χ0n) is 13.2. The fraction of sp³-hybridized carbons (Fsp3) is 0.857. The molecular formula is C14H26N2O4. The minimum absolute atomic E-state index is 0.122. The van der Waals surface area contributed by atoms with Crippen LogP contribution in [0.3, 0.4) is 0 Å². The SMILES string of the molecule is CC(C)(C)NC(=O)[C@@H]1C[C@@H](O)CN1C(=O)OC(C)(C)C. The highest BCUT2D eigenvalue weighted by Crippen LogP contribution is 2.22. The number of nitrogens with zero attached hydrogens (tertiary/aromatic N) is 1. The fourth-order valence-electron chi connectivity index (χ4n) is 2.04. The molecule has 0 radical (unpaired) electrons. The number of aliphatic hydroxyl groups is 1. The Labute approximate surface area is 120 Å². The van der Waals surface area contributed by atoms with Crippen LogP contribution in [0.4, 0.5) is 4.79 Å². The largest absolute Gasteiger partial charge is 0.444 e. The molecule has 2 atom stereocenters. The Morgan fingerprint density at radius 1 is 1.20 bits per heavy atom. The second kappa shape index (κ2) is 5.60. The Balaban J connectivity index is 2.78. The molecule has 116 valence electrons. The van der Waals surface area contributed by atoms with Crippen molar-refractivity contribution in [3.8, 4) is 0 Å². The van der Waals surface area contributed by atoms with E-state index >= 15 is 0 Å². The van der Waals surface area contributed by atoms with Crippen LogP contribution in [0.15, 0.2) is 0 Å². The van der Waals surface area contributed by atoms with Crippen molar-refractivity contribution in [1.29, 1.82) is 0 Å². The van der Waals surface area contributed by atoms with Gasteiger partial charge in [0.1, 0.15) is 11.6 Å². The zero-order valence-corrected chi connectivity index (χ0v) is 13.2. The smallest absolute Gasteiger partial charge is 0.411 e. The first-order chi connectivity index (χ1) is 8.89. The Bertz CT molecular complexity index is 346. The molecule has 1 heterocycles. The number of carbonyl (C=O) groups is 2. The first kappa shape index (κ1) is 16.8. The van der Waals surface area contributed by atoms with E-state index in [1.807, 2.05) is 20.8 Å². The number of likely N-dealkylation sites (tertiary alicyclic amines) is 1. The second-order valence-corrected chi connectivity index (χ2v) is 7.28. The maximum Gasteiger partial charge on any atom is 0.411 e. The third-order valence-electron chi connectivity index (χ3n) is 2.71. The monoisotopic (exact) mass is 286 g/mol. The molecule has 6 nitrogen and oxygen atoms in total. The van der Waals surface area contributed by atoms with E-state index in [1.54, 1.807) is 20.8 Å². The van der Waals surface area contributed by atoms with E-state index < -0.39 is 23.8 Å². The second-order valence-electron chi connectivity index (χ2n) is 7.28. The normalized spacial score (nSPS) is 23.6. The molecule has 0 spiro atoms. The van der Waals surface area contributed by atoms with Crippen molar-refractivity contribution >= 4 is 12.0 Å². The standard InChI is InChI=1S/C14H26N2O4/c1-13(2,3)15-11(18)10-7-9(17)8-16(10)12(19)20-14(4,5)6/h9-10,17H,7-8H2,1-6H3,(H,15,18)/t9-,10+/m1/s1. The lowest BCUT2D eigenvalue weighted by molar-refractivity contribution is -0.127. The van der Waals surface area contributed by atoms with Crippen molar-refractivity contribution in [3.05, 3.63) is 0 Å². The Kier molecular flexibility index (Phi) is 4.69. The summed E-state index contributed by atoms with van der Waals surface area (Å²) in [5.74, 6) is -0.264. The summed E-state index contributed by atoms with van der Waals surface area (Å²) in [5, 5.41) is 12.6. The van der Waals surface area contributed by atoms with Gasteiger partial charge in [-0.2, -0.15) is 0 Å². The molecule has 0 aromatic carbocycles. The molecule has 0 bridgehead atoms. The number of amides is 2. The van der Waals surface area contributed by atoms with Gasteiger partial charge in [0, 0.05) is 12.0 Å². The molecule has 1 aliphatic rings. The van der Waals surface area contributed by atoms with Crippen LogP contribution in [0.1, 0.15) is 48.0 Å². The van der Waals surface area contributed by atoms with Gasteiger partial charge in [0.2, 0.25) is 5.91 Å². The van der Waals surface area contributed by atoms with Crippen molar-refractivity contribution in [2.24, 2.45) is 0 Å². The number of rotatable bonds is 1. The van der Waals surface area contributed by atoms with Gasteiger partial charge in [-0.1, -0.05) is 0 Å². The van der Waals surface area contributed by atoms with Gasteiger partial charge < -0.3 is 15.2 Å². The quantitative estimate of drug-likeness (QED) is 0.761. The topological polar surface area (TPSA) is 78.9 Å². The maximum absolute atomic E-state index is 12.2. The van der Waals surface area contributed by atoms with E-state index in [4.69, 9.17) is 4.74 Å². The lowest BCUT2D eigenvalue weighted by atomic mass is 10.1. The molecule has 1 saturated heterocycles. The lowest BCUT2D eigenvalue weighted by Crippen LogP contribution is -2.52. The minimum Gasteiger partial charge on any atom is -0.444 e. The Morgan fingerprint density at radius 3 is 2.20 bits per heavy atom. The summed E-state index contributed by atoms with van der Waals surface area (Å²) in [6.07, 6.45) is -1.03. The van der Waals surface area contributed by atoms with Crippen molar-refractivity contribution < 1.29 is 19.4 Å². The molecule has 2 N–H and O–H groups in total. The van der Waals surface area contributed by atoms with E-state index in [2.05, 4.69) is 5.32 Å². The van der Waals surface area contributed by atoms with Crippen LogP contribution >= 0.6 is 0 Å². The third kappa shape index (κ3) is 5.00. The molecule has 1 rings (SSSR count). The van der Waals surface area contributed by atoms with Gasteiger partial charge >= 0.3 is 6.09 Å². The van der Waals surface area contributed by atoms with Crippen molar-refractivity contribution in [3.63, 3.8) is 0 Å². The number of hydrogen-bond donors (Lipinski definition) is 2. The van der Waals surface area contributed by atoms with Crippen LogP contribution in [0, 0.1) is 0 Å². The van der Waals surface area contributed by atoms with Crippen LogP contribution in [0.25, 0.3) is 0 Å². The first-order valence-corrected chi connectivity index (χ1v) is 6.89. The molecule has 20 heavy (non-hydrogen) atoms. The van der Waals surface area contributed by atoms with Gasteiger partial charge in [0.25, 0.3) is 0 Å². The van der Waals surface area contributed by atoms with Crippen molar-refractivity contribution in [1.82, 2.24) is 10.2 Å². The van der Waals surface area contributed by atoms with E-state index in [-0.39, 0.29) is 24.4 Å². The average Bonchev–Trinajstić information content (AvgIpc) is 2.55. The van der Waals surface area contributed by atoms with Gasteiger partial charge in [-0.3, -0.25) is 9.69 Å². The van der Waals surface area contributed by atoms with Crippen LogP contribution in [0.2, 0.25) is 0 Å². The predicted molar refractivity (Wildman–Crippen MR) is 75.2 cm³/mol. The summed E-state index contributed by atoms with van der Waals surface area (Å²) in [6.45, 7) is 11.0. The zero-order chi connectivity index (χ0) is 15.7. The Morgan fingerprint density at radius 2 is 1.75 bits per heavy atom. The summed E-state index contributed by atoms with van der Waals surface area (Å²) in [5.41, 5.74) is -1.01. The number of β-amino-alcohol motifs (C(OH)–C–C–N with tert-alkyl or cyclic N) is 1. The van der Waals surface area contributed by atoms with Crippen LogP contribution in [-0.2, 0) is 9.53 Å². The molecule has 2 amide bonds. The van der Waals surface area contributed by atoms with Gasteiger partial charge in [-0.05, 0) is 41.5 Å². The molecule has 0 saturated carbocycles. The molecule has 0 aromatic heterocycles. The van der Waals surface area contributed by atoms with Crippen LogP contribution in [-0.4, -0.2) is 51.8 Å². The summed E-state index contributed by atoms with van der Waals surface area (Å²) in [7, 11) is 0. The van der Waals surface area contributed by atoms with Crippen LogP contribution in [0.5, 0.6) is 0 Å². The molecule has 6 heteroatoms. The van der Waals surface area contributed by atoms with E-state index in [0.717, 1.165) is 0 Å². The third-order valence-corrected chi connectivity index (χ3v) is 2.71. The maximum atomic E-state index is 12.2. The lowest BCUT2D eigenvalue weighted by Gasteiger charge is -2.30. The van der Waals surface area contributed by atoms with Crippen molar-refractivity contribution in [2.45, 2.75) is 71.2 Å². The van der Waals surface area contributed by atoms with E-state index in [1.165, 1.54) is 4.90 Å². The summed E-state index contributed by atoms with van der Waals surface area (Å²) < 4.78 is 5.28. The highest BCUT2D eigenvalue weighted by Gasteiger charge is 2.41. The number of hydrogen-bond acceptors (Lipinski definition) is 4. The summed E-state index contributed by atoms with van der Waals surface area (Å²) in [6, 6.07) is -0.681. The van der Waals surface area contributed by atoms with Crippen LogP contribution < -0.4 is 5.32 Å². The predicted octanol–water partition coefficient (Wildman–Crippen LogP) is 1.27. The number of nitrogens with one attached hydrogen (secondary N) is 1. The molecule has 0 aromatic rings. The van der Waals surface area contributed by atoms with E-state index in [0.29, 0.717) is 0 Å². The number of carbonyl (C=O) groups excluding carboxylic acids is 2. The minimum atomic E-state index is -0.696. The Hall–Kier alpha value is -1.30. The first-order valence-electron chi connectivity index (χ1n) is 6.89. The van der Waals surface area contributed by atoms with Gasteiger partial charge in [-0.25, -0.2) is 4.79 Å². The number of aliphatic hydroxyl groups excluding tert-OH is 1. The highest BCUT2D eigenvalue weighted by atomic mass is 16.6. The molecule has 0 unspecified atom stereocenters. The van der Waals surface area contributed by atoms with Gasteiger partial charge in [-0.15, -0.1) is 0 Å². The average molecular weight is 286 g/mol. The molecular weight excluding hydrogens is 260 g/mol. The molecule has 1 fully saturated rings. The highest BCUT2D eigenvalue weighted by molar-refractivity contribution is 5.86. The summed E-state index contributed by atoms with van der Waals surface area (Å²) in [4.78, 5) is 25.6. The number of ether oxygens (including phenoxy) is 1. The summed E-state index contributed by atoms with van der Waals surface area (Å²) >= 11 is 0. The molecule has 1 aliphatic heterocycles. The van der Waals surface area contributed by atoms with Gasteiger partial charge in [0.15, 0.2) is 0 Å². The fourth-order valence-corrected chi connectivity index (χ4v) is 2.04. The van der Waals surface area contributed by atoms with Gasteiger partial charge in [0.05, 0.1) is 12.6 Å². The molecule has 0 aliphatic carbocycles. The van der Waals surface area contributed by atoms with E-state index in [9.17, 15) is 14.7 Å². The van der Waals surface area contributed by atoms with Crippen molar-refractivity contribution in [2.75, 3.05) is 6.54 Å².